The first-order valence-electron chi connectivity index (χ1n) is 7.23. The van der Waals surface area contributed by atoms with Gasteiger partial charge in [0.1, 0.15) is 0 Å². The summed E-state index contributed by atoms with van der Waals surface area (Å²) in [6.45, 7) is 0. The predicted octanol–water partition coefficient (Wildman–Crippen LogP) is 4.42. The van der Waals surface area contributed by atoms with E-state index in [0.717, 1.165) is 16.8 Å². The number of anilines is 1. The highest BCUT2D eigenvalue weighted by Gasteiger charge is 2.11. The summed E-state index contributed by atoms with van der Waals surface area (Å²) in [6.07, 6.45) is 2.79. The minimum atomic E-state index is -3.25. The molecule has 1 N–H and O–H groups in total. The molecule has 0 radical (unpaired) electrons. The zero-order chi connectivity index (χ0) is 17.9. The molecule has 128 valence electrons. The maximum atomic E-state index is 11.6. The Hall–Kier alpha value is -2.03. The van der Waals surface area contributed by atoms with E-state index in [2.05, 4.69) is 31.4 Å². The van der Waals surface area contributed by atoms with Crippen LogP contribution in [0.25, 0.3) is 11.3 Å². The third-order valence-corrected chi connectivity index (χ3v) is 6.12. The van der Waals surface area contributed by atoms with Gasteiger partial charge in [-0.2, -0.15) is 5.10 Å². The molecule has 1 heterocycles. The lowest BCUT2D eigenvalue weighted by atomic mass is 10.2. The fourth-order valence-corrected chi connectivity index (χ4v) is 4.80. The summed E-state index contributed by atoms with van der Waals surface area (Å²) in [5.74, 6) is 0. The zero-order valence-corrected chi connectivity index (χ0v) is 16.4. The molecule has 0 aliphatic heterocycles. The van der Waals surface area contributed by atoms with E-state index < -0.39 is 9.84 Å². The lowest BCUT2D eigenvalue weighted by Crippen LogP contribution is -1.99. The smallest absolute Gasteiger partial charge is 0.203 e. The Labute approximate surface area is 158 Å². The second-order valence-electron chi connectivity index (χ2n) is 5.24. The highest BCUT2D eigenvalue weighted by Crippen LogP contribution is 2.25. The molecule has 0 saturated carbocycles. The molecule has 0 amide bonds. The van der Waals surface area contributed by atoms with Gasteiger partial charge in [0.25, 0.3) is 0 Å². The minimum absolute atomic E-state index is 0.255. The van der Waals surface area contributed by atoms with E-state index in [-0.39, 0.29) is 4.90 Å². The highest BCUT2D eigenvalue weighted by molar-refractivity contribution is 9.10. The van der Waals surface area contributed by atoms with Gasteiger partial charge in [0.2, 0.25) is 5.13 Å². The van der Waals surface area contributed by atoms with Crippen molar-refractivity contribution in [1.82, 2.24) is 4.98 Å². The number of nitrogens with one attached hydrogen (secondary N) is 1. The number of sulfone groups is 1. The maximum Gasteiger partial charge on any atom is 0.203 e. The molecule has 0 unspecified atom stereocenters. The van der Waals surface area contributed by atoms with Crippen molar-refractivity contribution in [2.75, 3.05) is 11.7 Å². The SMILES string of the molecule is CS(=O)(=O)c1ccc(C=NNc2nc(-c3ccccc3)cs2)cc1Br. The summed E-state index contributed by atoms with van der Waals surface area (Å²) in [5, 5.41) is 6.80. The van der Waals surface area contributed by atoms with E-state index in [9.17, 15) is 8.42 Å². The van der Waals surface area contributed by atoms with Gasteiger partial charge in [-0.15, -0.1) is 11.3 Å². The summed E-state index contributed by atoms with van der Waals surface area (Å²) in [4.78, 5) is 4.74. The van der Waals surface area contributed by atoms with Crippen molar-refractivity contribution >= 4 is 48.5 Å². The van der Waals surface area contributed by atoms with Crippen LogP contribution in [0.5, 0.6) is 0 Å². The van der Waals surface area contributed by atoms with Crippen molar-refractivity contribution in [3.05, 3.63) is 63.9 Å². The Morgan fingerprint density at radius 2 is 1.96 bits per heavy atom. The van der Waals surface area contributed by atoms with Crippen molar-refractivity contribution in [2.24, 2.45) is 5.10 Å². The Morgan fingerprint density at radius 3 is 2.64 bits per heavy atom. The molecule has 0 atom stereocenters. The van der Waals surface area contributed by atoms with Crippen LogP contribution in [0.4, 0.5) is 5.13 Å². The Balaban J connectivity index is 1.70. The van der Waals surface area contributed by atoms with Gasteiger partial charge in [0, 0.05) is 21.7 Å². The normalized spacial score (nSPS) is 11.8. The molecular weight excluding hydrogens is 422 g/mol. The van der Waals surface area contributed by atoms with Crippen LogP contribution in [0.15, 0.2) is 68.4 Å². The van der Waals surface area contributed by atoms with Crippen LogP contribution in [0.2, 0.25) is 0 Å². The van der Waals surface area contributed by atoms with Gasteiger partial charge in [-0.3, -0.25) is 5.43 Å². The molecule has 0 aliphatic rings. The molecule has 0 spiro atoms. The lowest BCUT2D eigenvalue weighted by Gasteiger charge is -2.02. The van der Waals surface area contributed by atoms with Crippen LogP contribution in [-0.4, -0.2) is 25.9 Å². The largest absolute Gasteiger partial charge is 0.253 e. The first-order valence-corrected chi connectivity index (χ1v) is 10.8. The molecule has 2 aromatic carbocycles. The summed E-state index contributed by atoms with van der Waals surface area (Å²) >= 11 is 4.74. The van der Waals surface area contributed by atoms with Crippen molar-refractivity contribution < 1.29 is 8.42 Å². The number of rotatable bonds is 5. The molecule has 0 saturated heterocycles. The van der Waals surface area contributed by atoms with Crippen LogP contribution in [0.3, 0.4) is 0 Å². The van der Waals surface area contributed by atoms with Gasteiger partial charge < -0.3 is 0 Å². The zero-order valence-electron chi connectivity index (χ0n) is 13.2. The van der Waals surface area contributed by atoms with Crippen LogP contribution < -0.4 is 5.43 Å². The second kappa shape index (κ2) is 7.47. The van der Waals surface area contributed by atoms with Crippen molar-refractivity contribution in [3.8, 4) is 11.3 Å². The van der Waals surface area contributed by atoms with Gasteiger partial charge >= 0.3 is 0 Å². The number of halogens is 1. The average molecular weight is 436 g/mol. The maximum absolute atomic E-state index is 11.6. The van der Waals surface area contributed by atoms with E-state index in [0.29, 0.717) is 9.60 Å². The third kappa shape index (κ3) is 4.53. The molecular formula is C17H14BrN3O2S2. The Bertz CT molecular complexity index is 1020. The van der Waals surface area contributed by atoms with E-state index in [1.54, 1.807) is 24.4 Å². The summed E-state index contributed by atoms with van der Waals surface area (Å²) in [6, 6.07) is 14.9. The van der Waals surface area contributed by atoms with Gasteiger partial charge in [-0.05, 0) is 33.6 Å². The molecule has 8 heteroatoms. The lowest BCUT2D eigenvalue weighted by molar-refractivity contribution is 0.601. The number of hydrogen-bond acceptors (Lipinski definition) is 6. The number of hydrazone groups is 1. The Morgan fingerprint density at radius 1 is 1.20 bits per heavy atom. The summed E-state index contributed by atoms with van der Waals surface area (Å²) in [5.41, 5.74) is 5.61. The molecule has 3 aromatic rings. The number of nitrogens with zero attached hydrogens (tertiary/aromatic N) is 2. The number of aromatic nitrogens is 1. The van der Waals surface area contributed by atoms with E-state index in [1.165, 1.54) is 17.6 Å². The molecule has 25 heavy (non-hydrogen) atoms. The Kier molecular flexibility index (Phi) is 5.31. The van der Waals surface area contributed by atoms with Crippen molar-refractivity contribution in [3.63, 3.8) is 0 Å². The summed E-state index contributed by atoms with van der Waals surface area (Å²) in [7, 11) is -3.25. The quantitative estimate of drug-likeness (QED) is 0.475. The fourth-order valence-electron chi connectivity index (χ4n) is 2.13. The van der Waals surface area contributed by atoms with Crippen LogP contribution in [-0.2, 0) is 9.84 Å². The van der Waals surface area contributed by atoms with Crippen molar-refractivity contribution in [2.45, 2.75) is 4.90 Å². The van der Waals surface area contributed by atoms with Crippen LogP contribution in [0.1, 0.15) is 5.56 Å². The van der Waals surface area contributed by atoms with Crippen LogP contribution >= 0.6 is 27.3 Å². The van der Waals surface area contributed by atoms with Gasteiger partial charge in [0.05, 0.1) is 16.8 Å². The second-order valence-corrected chi connectivity index (χ2v) is 8.93. The minimum Gasteiger partial charge on any atom is -0.253 e. The van der Waals surface area contributed by atoms with Gasteiger partial charge in [-0.25, -0.2) is 13.4 Å². The monoisotopic (exact) mass is 435 g/mol. The fraction of sp³-hybridized carbons (Fsp3) is 0.0588. The predicted molar refractivity (Wildman–Crippen MR) is 106 cm³/mol. The van der Waals surface area contributed by atoms with E-state index in [1.807, 2.05) is 35.7 Å². The molecule has 1 aromatic heterocycles. The standard InChI is InChI=1S/C17H14BrN3O2S2/c1-25(22,23)16-8-7-12(9-14(16)18)10-19-21-17-20-15(11-24-17)13-5-3-2-4-6-13/h2-11H,1H3,(H,20,21). The third-order valence-electron chi connectivity index (χ3n) is 3.30. The number of thiazole rings is 1. The highest BCUT2D eigenvalue weighted by atomic mass is 79.9. The molecule has 0 aliphatic carbocycles. The van der Waals surface area contributed by atoms with Crippen molar-refractivity contribution in [1.29, 1.82) is 0 Å². The molecule has 3 rings (SSSR count). The van der Waals surface area contributed by atoms with E-state index >= 15 is 0 Å². The average Bonchev–Trinajstić information content (AvgIpc) is 3.03. The number of hydrogen-bond donors (Lipinski definition) is 1. The summed E-state index contributed by atoms with van der Waals surface area (Å²) < 4.78 is 23.7. The molecule has 0 bridgehead atoms. The number of benzene rings is 2. The van der Waals surface area contributed by atoms with Crippen LogP contribution in [0, 0.1) is 0 Å². The molecule has 0 fully saturated rings. The first kappa shape index (κ1) is 17.8. The van der Waals surface area contributed by atoms with E-state index in [4.69, 9.17) is 0 Å². The van der Waals surface area contributed by atoms with Gasteiger partial charge in [-0.1, -0.05) is 36.4 Å². The first-order chi connectivity index (χ1) is 11.9. The van der Waals surface area contributed by atoms with Gasteiger partial charge in [0.15, 0.2) is 9.84 Å². The topological polar surface area (TPSA) is 71.4 Å². The molecule has 5 nitrogen and oxygen atoms in total.